The second kappa shape index (κ2) is 7.79. The van der Waals surface area contributed by atoms with Crippen molar-refractivity contribution in [3.63, 3.8) is 0 Å². The van der Waals surface area contributed by atoms with Crippen molar-refractivity contribution in [3.8, 4) is 0 Å². The van der Waals surface area contributed by atoms with Gasteiger partial charge in [0.1, 0.15) is 0 Å². The number of hydrogen-bond donors (Lipinski definition) is 2. The summed E-state index contributed by atoms with van der Waals surface area (Å²) in [7, 11) is 0. The Morgan fingerprint density at radius 3 is 2.59 bits per heavy atom. The lowest BCUT2D eigenvalue weighted by molar-refractivity contribution is 0.739. The minimum Gasteiger partial charge on any atom is -0.375 e. The highest BCUT2D eigenvalue weighted by Crippen LogP contribution is 2.08. The first-order chi connectivity index (χ1) is 8.24. The normalized spacial score (nSPS) is 11.2. The molecule has 0 aliphatic heterocycles. The number of nitrogens with zero attached hydrogens (tertiary/aromatic N) is 1. The Kier molecular flexibility index (Phi) is 6.25. The minimum absolute atomic E-state index is 0.203. The molecule has 0 aliphatic rings. The molecule has 92 valence electrons. The van der Waals surface area contributed by atoms with E-state index in [4.69, 9.17) is 18.0 Å². The van der Waals surface area contributed by atoms with Gasteiger partial charge in [0, 0.05) is 0 Å². The first kappa shape index (κ1) is 13.6. The van der Waals surface area contributed by atoms with Crippen molar-refractivity contribution in [1.29, 1.82) is 0 Å². The summed E-state index contributed by atoms with van der Waals surface area (Å²) in [6.45, 7) is 2.19. The van der Waals surface area contributed by atoms with Gasteiger partial charge in [0.25, 0.3) is 0 Å². The quantitative estimate of drug-likeness (QED) is 0.353. The lowest BCUT2D eigenvalue weighted by Crippen LogP contribution is -2.25. The van der Waals surface area contributed by atoms with Crippen LogP contribution in [0, 0.1) is 0 Å². The van der Waals surface area contributed by atoms with Gasteiger partial charge in [-0.05, 0) is 30.6 Å². The van der Waals surface area contributed by atoms with Crippen LogP contribution < -0.4 is 11.2 Å². The van der Waals surface area contributed by atoms with Crippen LogP contribution in [0.5, 0.6) is 0 Å². The predicted molar refractivity (Wildman–Crippen MR) is 77.0 cm³/mol. The van der Waals surface area contributed by atoms with Crippen LogP contribution in [0.2, 0.25) is 0 Å². The number of thiocarbonyl (C=S) groups is 1. The van der Waals surface area contributed by atoms with E-state index < -0.39 is 0 Å². The van der Waals surface area contributed by atoms with E-state index in [-0.39, 0.29) is 5.11 Å². The molecule has 0 aliphatic carbocycles. The molecular weight excluding hydrogens is 230 g/mol. The summed E-state index contributed by atoms with van der Waals surface area (Å²) in [6.07, 6.45) is 4.47. The lowest BCUT2D eigenvalue weighted by atomic mass is 10.0. The van der Waals surface area contributed by atoms with Crippen molar-refractivity contribution >= 4 is 23.0 Å². The molecule has 3 N–H and O–H groups in total. The fourth-order valence-electron chi connectivity index (χ4n) is 1.56. The second-order valence-electron chi connectivity index (χ2n) is 3.86. The van der Waals surface area contributed by atoms with Gasteiger partial charge in [0.2, 0.25) is 0 Å². The summed E-state index contributed by atoms with van der Waals surface area (Å²) in [5, 5.41) is 4.47. The zero-order chi connectivity index (χ0) is 12.5. The average Bonchev–Trinajstić information content (AvgIpc) is 2.34. The highest BCUT2D eigenvalue weighted by atomic mass is 32.1. The molecule has 0 fully saturated rings. The van der Waals surface area contributed by atoms with Gasteiger partial charge in [-0.15, -0.1) is 0 Å². The summed E-state index contributed by atoms with van der Waals surface area (Å²) < 4.78 is 0. The zero-order valence-electron chi connectivity index (χ0n) is 10.1. The minimum atomic E-state index is 0.203. The van der Waals surface area contributed by atoms with Gasteiger partial charge in [-0.3, -0.25) is 5.43 Å². The molecule has 0 heterocycles. The van der Waals surface area contributed by atoms with E-state index in [1.54, 1.807) is 0 Å². The van der Waals surface area contributed by atoms with Gasteiger partial charge in [0.05, 0.1) is 5.71 Å². The molecule has 0 amide bonds. The number of nitrogens with two attached hydrogens (primary N) is 1. The Labute approximate surface area is 108 Å². The van der Waals surface area contributed by atoms with E-state index in [9.17, 15) is 0 Å². The van der Waals surface area contributed by atoms with Crippen molar-refractivity contribution in [3.05, 3.63) is 35.9 Å². The number of nitrogens with one attached hydrogen (secondary N) is 1. The van der Waals surface area contributed by atoms with E-state index >= 15 is 0 Å². The first-order valence-corrected chi connectivity index (χ1v) is 6.32. The molecule has 1 aromatic rings. The predicted octanol–water partition coefficient (Wildman–Crippen LogP) is 2.80. The Hall–Kier alpha value is -1.42. The highest BCUT2D eigenvalue weighted by molar-refractivity contribution is 7.80. The highest BCUT2D eigenvalue weighted by Gasteiger charge is 2.03. The van der Waals surface area contributed by atoms with Gasteiger partial charge < -0.3 is 5.73 Å². The summed E-state index contributed by atoms with van der Waals surface area (Å²) in [5.41, 5.74) is 10.2. The third-order valence-electron chi connectivity index (χ3n) is 2.43. The maximum Gasteiger partial charge on any atom is 0.184 e. The molecule has 17 heavy (non-hydrogen) atoms. The molecule has 0 bridgehead atoms. The van der Waals surface area contributed by atoms with Crippen LogP contribution in [0.1, 0.15) is 38.2 Å². The maximum atomic E-state index is 5.39. The van der Waals surface area contributed by atoms with Crippen LogP contribution in [0.25, 0.3) is 0 Å². The smallest absolute Gasteiger partial charge is 0.184 e. The Bertz CT molecular complexity index is 374. The topological polar surface area (TPSA) is 50.4 Å². The van der Waals surface area contributed by atoms with Crippen molar-refractivity contribution < 1.29 is 0 Å². The Morgan fingerprint density at radius 2 is 2.00 bits per heavy atom. The van der Waals surface area contributed by atoms with Crippen molar-refractivity contribution in [2.24, 2.45) is 10.8 Å². The zero-order valence-corrected chi connectivity index (χ0v) is 11.0. The van der Waals surface area contributed by atoms with Crippen LogP contribution in [0.3, 0.4) is 0 Å². The van der Waals surface area contributed by atoms with E-state index in [2.05, 4.69) is 17.5 Å². The molecule has 4 heteroatoms. The molecule has 3 nitrogen and oxygen atoms in total. The lowest BCUT2D eigenvalue weighted by Gasteiger charge is -2.07. The number of rotatable bonds is 6. The van der Waals surface area contributed by atoms with Gasteiger partial charge >= 0.3 is 0 Å². The summed E-state index contributed by atoms with van der Waals surface area (Å²) in [6, 6.07) is 10.1. The van der Waals surface area contributed by atoms with E-state index in [0.717, 1.165) is 24.1 Å². The average molecular weight is 249 g/mol. The third kappa shape index (κ3) is 5.45. The molecule has 0 aromatic heterocycles. The second-order valence-corrected chi connectivity index (χ2v) is 4.30. The number of unbranched alkanes of at least 4 members (excludes halogenated alkanes) is 2. The number of hydrazone groups is 1. The Balaban J connectivity index is 2.72. The molecule has 0 saturated heterocycles. The van der Waals surface area contributed by atoms with Gasteiger partial charge in [-0.2, -0.15) is 5.10 Å². The van der Waals surface area contributed by atoms with E-state index in [1.165, 1.54) is 12.8 Å². The molecular formula is C13H19N3S. The van der Waals surface area contributed by atoms with Gasteiger partial charge in [0.15, 0.2) is 5.11 Å². The van der Waals surface area contributed by atoms with Crippen molar-refractivity contribution in [2.75, 3.05) is 0 Å². The standard InChI is InChI=1S/C13H19N3S/c1-2-3-5-10-12(15-16-13(14)17)11-8-6-4-7-9-11/h4,6-9H,2-3,5,10H2,1H3,(H3,14,16,17)/b15-12+. The fraction of sp³-hybridized carbons (Fsp3) is 0.385. The van der Waals surface area contributed by atoms with Crippen LogP contribution in [-0.4, -0.2) is 10.8 Å². The van der Waals surface area contributed by atoms with Crippen LogP contribution in [-0.2, 0) is 0 Å². The molecule has 1 rings (SSSR count). The Morgan fingerprint density at radius 1 is 1.29 bits per heavy atom. The van der Waals surface area contributed by atoms with Crippen LogP contribution in [0.15, 0.2) is 35.4 Å². The van der Waals surface area contributed by atoms with E-state index in [0.29, 0.717) is 0 Å². The summed E-state index contributed by atoms with van der Waals surface area (Å²) >= 11 is 4.76. The monoisotopic (exact) mass is 249 g/mol. The van der Waals surface area contributed by atoms with Gasteiger partial charge in [-0.1, -0.05) is 50.1 Å². The van der Waals surface area contributed by atoms with Crippen molar-refractivity contribution in [2.45, 2.75) is 32.6 Å². The largest absolute Gasteiger partial charge is 0.375 e. The molecule has 0 radical (unpaired) electrons. The van der Waals surface area contributed by atoms with Crippen LogP contribution in [0.4, 0.5) is 0 Å². The van der Waals surface area contributed by atoms with Gasteiger partial charge in [-0.25, -0.2) is 0 Å². The SMILES string of the molecule is CCCCC/C(=N\NC(N)=S)c1ccccc1. The third-order valence-corrected chi connectivity index (χ3v) is 2.52. The summed E-state index contributed by atoms with van der Waals surface area (Å²) in [4.78, 5) is 0. The molecule has 0 spiro atoms. The molecule has 0 atom stereocenters. The van der Waals surface area contributed by atoms with E-state index in [1.807, 2.05) is 30.3 Å². The number of benzene rings is 1. The fourth-order valence-corrected chi connectivity index (χ4v) is 1.61. The summed E-state index contributed by atoms with van der Waals surface area (Å²) in [5.74, 6) is 0. The molecule has 0 saturated carbocycles. The number of hydrogen-bond acceptors (Lipinski definition) is 2. The first-order valence-electron chi connectivity index (χ1n) is 5.91. The van der Waals surface area contributed by atoms with Crippen LogP contribution >= 0.6 is 12.2 Å². The molecule has 1 aromatic carbocycles. The maximum absolute atomic E-state index is 5.39. The van der Waals surface area contributed by atoms with Crippen molar-refractivity contribution in [1.82, 2.24) is 5.43 Å². The molecule has 0 unspecified atom stereocenters.